The van der Waals surface area contributed by atoms with Crippen LogP contribution in [0.2, 0.25) is 0 Å². The van der Waals surface area contributed by atoms with E-state index in [2.05, 4.69) is 26.6 Å². The highest BCUT2D eigenvalue weighted by Crippen LogP contribution is 2.34. The number of carboxylic acids is 1. The zero-order valence-corrected chi connectivity index (χ0v) is 20.0. The lowest BCUT2D eigenvalue weighted by molar-refractivity contribution is 0.0697. The Labute approximate surface area is 200 Å². The van der Waals surface area contributed by atoms with Crippen molar-refractivity contribution in [3.8, 4) is 11.5 Å². The molecule has 7 heteroatoms. The molecule has 5 rings (SSSR count). The molecule has 2 heterocycles. The lowest BCUT2D eigenvalue weighted by Gasteiger charge is -2.33. The Morgan fingerprint density at radius 3 is 2.53 bits per heavy atom. The predicted molar refractivity (Wildman–Crippen MR) is 131 cm³/mol. The van der Waals surface area contributed by atoms with Crippen molar-refractivity contribution in [3.63, 3.8) is 0 Å². The number of nitrogens with zero attached hydrogens (tertiary/aromatic N) is 3. The number of carbonyl (C=O) groups is 1. The van der Waals surface area contributed by atoms with E-state index >= 15 is 0 Å². The monoisotopic (exact) mass is 463 g/mol. The highest BCUT2D eigenvalue weighted by molar-refractivity contribution is 5.92. The molecule has 1 aliphatic heterocycles. The van der Waals surface area contributed by atoms with E-state index in [1.54, 1.807) is 19.2 Å². The fourth-order valence-corrected chi connectivity index (χ4v) is 5.50. The molecule has 180 valence electrons. The van der Waals surface area contributed by atoms with Crippen molar-refractivity contribution >= 4 is 17.0 Å². The summed E-state index contributed by atoms with van der Waals surface area (Å²) in [6, 6.07) is 11.9. The molecular formula is C27H33N3O4. The minimum Gasteiger partial charge on any atom is -0.493 e. The first-order chi connectivity index (χ1) is 16.5. The highest BCUT2D eigenvalue weighted by Gasteiger charge is 2.25. The minimum atomic E-state index is -0.919. The van der Waals surface area contributed by atoms with Crippen LogP contribution in [0.15, 0.2) is 36.4 Å². The smallest absolute Gasteiger partial charge is 0.335 e. The number of benzene rings is 2. The molecule has 2 aliphatic rings. The molecule has 1 N–H and O–H groups in total. The van der Waals surface area contributed by atoms with Gasteiger partial charge in [0, 0.05) is 25.7 Å². The summed E-state index contributed by atoms with van der Waals surface area (Å²) >= 11 is 0. The van der Waals surface area contributed by atoms with Crippen LogP contribution in [0.5, 0.6) is 11.5 Å². The van der Waals surface area contributed by atoms with Crippen LogP contribution in [-0.4, -0.2) is 51.8 Å². The van der Waals surface area contributed by atoms with Crippen LogP contribution in [0.25, 0.3) is 11.0 Å². The lowest BCUT2D eigenvalue weighted by atomic mass is 10.0. The molecule has 7 nitrogen and oxygen atoms in total. The predicted octanol–water partition coefficient (Wildman–Crippen LogP) is 5.21. The number of aryl methyl sites for hydroxylation is 1. The van der Waals surface area contributed by atoms with E-state index in [4.69, 9.17) is 9.47 Å². The number of piperidine rings is 1. The molecule has 0 bridgehead atoms. The van der Waals surface area contributed by atoms with Crippen molar-refractivity contribution < 1.29 is 19.4 Å². The van der Waals surface area contributed by atoms with Crippen LogP contribution in [0, 0.1) is 6.92 Å². The topological polar surface area (TPSA) is 76.8 Å². The first-order valence-corrected chi connectivity index (χ1v) is 12.3. The Bertz CT molecular complexity index is 1170. The second-order valence-electron chi connectivity index (χ2n) is 9.55. The Kier molecular flexibility index (Phi) is 6.46. The minimum absolute atomic E-state index is 0.280. The van der Waals surface area contributed by atoms with Crippen molar-refractivity contribution in [1.29, 1.82) is 0 Å². The number of imidazole rings is 1. The van der Waals surface area contributed by atoms with Crippen LogP contribution < -0.4 is 9.47 Å². The van der Waals surface area contributed by atoms with Crippen molar-refractivity contribution in [2.45, 2.75) is 64.1 Å². The Hall–Kier alpha value is -3.06. The van der Waals surface area contributed by atoms with E-state index in [-0.39, 0.29) is 5.56 Å². The van der Waals surface area contributed by atoms with Crippen molar-refractivity contribution in [2.75, 3.05) is 20.2 Å². The summed E-state index contributed by atoms with van der Waals surface area (Å²) in [4.78, 5) is 18.5. The molecule has 0 amide bonds. The van der Waals surface area contributed by atoms with Crippen molar-refractivity contribution in [3.05, 3.63) is 53.3 Å². The van der Waals surface area contributed by atoms with Gasteiger partial charge in [0.25, 0.3) is 0 Å². The third-order valence-electron chi connectivity index (χ3n) is 7.27. The number of likely N-dealkylation sites (tertiary alicyclic amines) is 1. The van der Waals surface area contributed by atoms with Crippen LogP contribution in [-0.2, 0) is 6.54 Å². The number of ether oxygens (including phenoxy) is 2. The molecule has 0 atom stereocenters. The standard InChI is InChI=1S/C27H33N3O4/c1-18-28-23-16-20(27(31)32)8-9-24(23)30(18)21-11-13-29(14-12-21)17-19-7-10-25(33-2)26(15-19)34-22-5-3-4-6-22/h7-10,15-16,21-22H,3-6,11-14,17H2,1-2H3,(H,31,32). The van der Waals surface area contributed by atoms with Crippen molar-refractivity contribution in [1.82, 2.24) is 14.5 Å². The van der Waals surface area contributed by atoms with Crippen LogP contribution in [0.3, 0.4) is 0 Å². The normalized spacial score (nSPS) is 17.9. The van der Waals surface area contributed by atoms with Gasteiger partial charge in [-0.25, -0.2) is 9.78 Å². The average Bonchev–Trinajstić information content (AvgIpc) is 3.46. The van der Waals surface area contributed by atoms with Gasteiger partial charge in [-0.2, -0.15) is 0 Å². The number of carboxylic acid groups (broad SMARTS) is 1. The zero-order chi connectivity index (χ0) is 23.7. The van der Waals surface area contributed by atoms with E-state index in [0.29, 0.717) is 12.1 Å². The fourth-order valence-electron chi connectivity index (χ4n) is 5.50. The summed E-state index contributed by atoms with van der Waals surface area (Å²) in [7, 11) is 1.70. The first kappa shape index (κ1) is 22.7. The summed E-state index contributed by atoms with van der Waals surface area (Å²) in [6.45, 7) is 4.91. The second kappa shape index (κ2) is 9.66. The maximum Gasteiger partial charge on any atom is 0.335 e. The summed E-state index contributed by atoms with van der Waals surface area (Å²) < 4.78 is 14.1. The van der Waals surface area contributed by atoms with Crippen LogP contribution >= 0.6 is 0 Å². The molecule has 1 aliphatic carbocycles. The third-order valence-corrected chi connectivity index (χ3v) is 7.27. The molecule has 0 spiro atoms. The number of hydrogen-bond acceptors (Lipinski definition) is 5. The Morgan fingerprint density at radius 2 is 1.82 bits per heavy atom. The summed E-state index contributed by atoms with van der Waals surface area (Å²) in [6.07, 6.45) is 7.12. The van der Waals surface area contributed by atoms with Gasteiger partial charge in [0.05, 0.1) is 29.8 Å². The highest BCUT2D eigenvalue weighted by atomic mass is 16.5. The zero-order valence-electron chi connectivity index (χ0n) is 20.0. The Balaban J connectivity index is 1.25. The maximum atomic E-state index is 11.3. The fraction of sp³-hybridized carbons (Fsp3) is 0.481. The Morgan fingerprint density at radius 1 is 1.06 bits per heavy atom. The number of fused-ring (bicyclic) bond motifs is 1. The molecule has 1 saturated heterocycles. The molecule has 0 unspecified atom stereocenters. The van der Waals surface area contributed by atoms with Gasteiger partial charge in [-0.15, -0.1) is 0 Å². The number of hydrogen-bond donors (Lipinski definition) is 1. The number of aromatic nitrogens is 2. The second-order valence-corrected chi connectivity index (χ2v) is 9.55. The molecule has 2 aromatic carbocycles. The van der Waals surface area contributed by atoms with E-state index in [1.165, 1.54) is 18.4 Å². The van der Waals surface area contributed by atoms with Gasteiger partial charge < -0.3 is 19.1 Å². The maximum absolute atomic E-state index is 11.3. The molecule has 2 fully saturated rings. The quantitative estimate of drug-likeness (QED) is 0.518. The molecule has 3 aromatic rings. The number of methoxy groups -OCH3 is 1. The van der Waals surface area contributed by atoms with Gasteiger partial charge in [0.15, 0.2) is 11.5 Å². The van der Waals surface area contributed by atoms with Gasteiger partial charge in [0.1, 0.15) is 5.82 Å². The van der Waals surface area contributed by atoms with Gasteiger partial charge in [-0.3, -0.25) is 4.90 Å². The third kappa shape index (κ3) is 4.62. The van der Waals surface area contributed by atoms with Crippen molar-refractivity contribution in [2.24, 2.45) is 0 Å². The molecular weight excluding hydrogens is 430 g/mol. The van der Waals surface area contributed by atoms with Crippen LogP contribution in [0.4, 0.5) is 0 Å². The first-order valence-electron chi connectivity index (χ1n) is 12.3. The molecule has 34 heavy (non-hydrogen) atoms. The van der Waals surface area contributed by atoms with E-state index in [9.17, 15) is 9.90 Å². The van der Waals surface area contributed by atoms with Gasteiger partial charge in [-0.1, -0.05) is 6.07 Å². The van der Waals surface area contributed by atoms with Gasteiger partial charge in [-0.05, 0) is 81.3 Å². The molecule has 1 saturated carbocycles. The van der Waals surface area contributed by atoms with E-state index < -0.39 is 5.97 Å². The number of aromatic carboxylic acids is 1. The molecule has 0 radical (unpaired) electrons. The summed E-state index contributed by atoms with van der Waals surface area (Å²) in [5.74, 6) is 1.70. The summed E-state index contributed by atoms with van der Waals surface area (Å²) in [5, 5.41) is 9.28. The SMILES string of the molecule is COc1ccc(CN2CCC(n3c(C)nc4cc(C(=O)O)ccc43)CC2)cc1OC1CCCC1. The molecule has 1 aromatic heterocycles. The summed E-state index contributed by atoms with van der Waals surface area (Å²) in [5.41, 5.74) is 3.30. The number of rotatable bonds is 7. The lowest BCUT2D eigenvalue weighted by Crippen LogP contribution is -2.34. The average molecular weight is 464 g/mol. The van der Waals surface area contributed by atoms with Gasteiger partial charge in [0.2, 0.25) is 0 Å². The van der Waals surface area contributed by atoms with Crippen LogP contribution in [0.1, 0.15) is 66.3 Å². The van der Waals surface area contributed by atoms with Gasteiger partial charge >= 0.3 is 5.97 Å². The largest absolute Gasteiger partial charge is 0.493 e. The van der Waals surface area contributed by atoms with E-state index in [0.717, 1.165) is 73.7 Å². The van der Waals surface area contributed by atoms with E-state index in [1.807, 2.05) is 19.1 Å².